The molecule has 0 aliphatic carbocycles. The summed E-state index contributed by atoms with van der Waals surface area (Å²) in [5, 5.41) is 32.3. The van der Waals surface area contributed by atoms with Gasteiger partial charge < -0.3 is 20.9 Å². The summed E-state index contributed by atoms with van der Waals surface area (Å²) in [6, 6.07) is 14.4. The molecule has 0 atom stereocenters. The van der Waals surface area contributed by atoms with Crippen LogP contribution in [0.1, 0.15) is 47.2 Å². The van der Waals surface area contributed by atoms with Crippen LogP contribution in [0, 0.1) is 10.8 Å². The second-order valence-electron chi connectivity index (χ2n) is 9.98. The fourth-order valence-electron chi connectivity index (χ4n) is 3.93. The van der Waals surface area contributed by atoms with Gasteiger partial charge in [0, 0.05) is 35.0 Å². The zero-order valence-electron chi connectivity index (χ0n) is 21.9. The second kappa shape index (κ2) is 10.7. The van der Waals surface area contributed by atoms with Crippen molar-refractivity contribution in [3.05, 3.63) is 71.4 Å². The minimum absolute atomic E-state index is 0.0298. The molecule has 0 saturated carbocycles. The standard InChI is InChI=1S/C27H28N8O4/c1-27(2,3)14-35-24(32-33-34-35)16-7-10-18(20(13-16)26(37)38)19-11-12-21(39-4)31-22(19)25(36)30-17-8-5-15(6-9-17)23(28)29/h5-13H,14H2,1-4H3,(H3,28,29)(H,30,36)(H,37,38). The fourth-order valence-corrected chi connectivity index (χ4v) is 3.93. The van der Waals surface area contributed by atoms with Crippen molar-refractivity contribution in [1.29, 1.82) is 5.41 Å². The number of methoxy groups -OCH3 is 1. The number of carbonyl (C=O) groups excluding carboxylic acids is 1. The zero-order valence-corrected chi connectivity index (χ0v) is 21.9. The van der Waals surface area contributed by atoms with Crippen molar-refractivity contribution in [2.24, 2.45) is 11.1 Å². The van der Waals surface area contributed by atoms with E-state index in [-0.39, 0.29) is 34.0 Å². The first kappa shape index (κ1) is 26.9. The van der Waals surface area contributed by atoms with Crippen LogP contribution in [0.2, 0.25) is 0 Å². The third-order valence-electron chi connectivity index (χ3n) is 5.70. The molecular weight excluding hydrogens is 500 g/mol. The number of aromatic nitrogens is 5. The van der Waals surface area contributed by atoms with E-state index in [1.807, 2.05) is 20.8 Å². The van der Waals surface area contributed by atoms with Gasteiger partial charge in [0.15, 0.2) is 5.82 Å². The molecule has 0 aliphatic rings. The van der Waals surface area contributed by atoms with Crippen LogP contribution in [0.15, 0.2) is 54.6 Å². The number of rotatable bonds is 8. The van der Waals surface area contributed by atoms with E-state index in [4.69, 9.17) is 15.9 Å². The predicted molar refractivity (Wildman–Crippen MR) is 145 cm³/mol. The molecule has 4 rings (SSSR count). The molecule has 5 N–H and O–H groups in total. The maximum Gasteiger partial charge on any atom is 0.336 e. The Morgan fingerprint density at radius 2 is 1.77 bits per heavy atom. The largest absolute Gasteiger partial charge is 0.481 e. The molecule has 0 spiro atoms. The number of nitrogen functional groups attached to an aromatic ring is 1. The molecule has 12 heteroatoms. The van der Waals surface area contributed by atoms with Gasteiger partial charge in [0.2, 0.25) is 5.88 Å². The van der Waals surface area contributed by atoms with Crippen molar-refractivity contribution in [3.8, 4) is 28.4 Å². The van der Waals surface area contributed by atoms with Crippen molar-refractivity contribution in [2.75, 3.05) is 12.4 Å². The van der Waals surface area contributed by atoms with Gasteiger partial charge in [-0.15, -0.1) is 5.10 Å². The van der Waals surface area contributed by atoms with E-state index in [2.05, 4.69) is 25.8 Å². The van der Waals surface area contributed by atoms with Crippen molar-refractivity contribution < 1.29 is 19.4 Å². The smallest absolute Gasteiger partial charge is 0.336 e. The number of ether oxygens (including phenoxy) is 1. The Labute approximate surface area is 224 Å². The predicted octanol–water partition coefficient (Wildman–Crippen LogP) is 3.69. The lowest BCUT2D eigenvalue weighted by Gasteiger charge is -2.18. The van der Waals surface area contributed by atoms with E-state index in [1.54, 1.807) is 53.2 Å². The molecule has 0 radical (unpaired) electrons. The molecule has 0 saturated heterocycles. The van der Waals surface area contributed by atoms with Gasteiger partial charge in [0.1, 0.15) is 11.5 Å². The van der Waals surface area contributed by atoms with Crippen LogP contribution in [0.3, 0.4) is 0 Å². The maximum absolute atomic E-state index is 13.3. The van der Waals surface area contributed by atoms with Gasteiger partial charge in [-0.2, -0.15) is 0 Å². The zero-order chi connectivity index (χ0) is 28.3. The summed E-state index contributed by atoms with van der Waals surface area (Å²) in [6.45, 7) is 6.67. The highest BCUT2D eigenvalue weighted by Crippen LogP contribution is 2.32. The highest BCUT2D eigenvalue weighted by molar-refractivity contribution is 6.09. The number of nitrogens with zero attached hydrogens (tertiary/aromatic N) is 5. The van der Waals surface area contributed by atoms with Crippen molar-refractivity contribution in [2.45, 2.75) is 27.3 Å². The van der Waals surface area contributed by atoms with E-state index in [1.165, 1.54) is 13.2 Å². The number of carboxylic acid groups (broad SMARTS) is 1. The second-order valence-corrected chi connectivity index (χ2v) is 9.98. The minimum Gasteiger partial charge on any atom is -0.481 e. The first-order chi connectivity index (χ1) is 18.5. The highest BCUT2D eigenvalue weighted by atomic mass is 16.5. The average Bonchev–Trinajstić information content (AvgIpc) is 3.34. The third kappa shape index (κ3) is 6.06. The van der Waals surface area contributed by atoms with E-state index in [9.17, 15) is 14.7 Å². The number of nitrogens with one attached hydrogen (secondary N) is 2. The minimum atomic E-state index is -1.19. The molecule has 1 amide bonds. The van der Waals surface area contributed by atoms with Crippen LogP contribution < -0.4 is 15.8 Å². The van der Waals surface area contributed by atoms with E-state index in [0.717, 1.165) is 0 Å². The van der Waals surface area contributed by atoms with Gasteiger partial charge in [0.25, 0.3) is 5.91 Å². The lowest BCUT2D eigenvalue weighted by Crippen LogP contribution is -2.18. The SMILES string of the molecule is COc1ccc(-c2ccc(-c3nnnn3CC(C)(C)C)cc2C(=O)O)c(C(=O)Nc2ccc(C(=N)N)cc2)n1. The molecule has 0 aliphatic heterocycles. The first-order valence-corrected chi connectivity index (χ1v) is 11.9. The summed E-state index contributed by atoms with van der Waals surface area (Å²) < 4.78 is 6.85. The number of anilines is 1. The van der Waals surface area contributed by atoms with Crippen molar-refractivity contribution in [3.63, 3.8) is 0 Å². The Hall–Kier alpha value is -5.13. The number of hydrogen-bond donors (Lipinski definition) is 4. The number of nitrogens with two attached hydrogens (primary N) is 1. The summed E-state index contributed by atoms with van der Waals surface area (Å²) >= 11 is 0. The molecule has 2 aromatic carbocycles. The number of hydrogen-bond acceptors (Lipinski definition) is 8. The summed E-state index contributed by atoms with van der Waals surface area (Å²) in [4.78, 5) is 30.0. The number of amidine groups is 1. The van der Waals surface area contributed by atoms with Crippen LogP contribution in [-0.4, -0.2) is 55.1 Å². The van der Waals surface area contributed by atoms with E-state index >= 15 is 0 Å². The molecule has 0 unspecified atom stereocenters. The van der Waals surface area contributed by atoms with Crippen LogP contribution >= 0.6 is 0 Å². The van der Waals surface area contributed by atoms with Crippen LogP contribution in [0.25, 0.3) is 22.5 Å². The Balaban J connectivity index is 1.76. The molecule has 12 nitrogen and oxygen atoms in total. The molecular formula is C27H28N8O4. The summed E-state index contributed by atoms with van der Waals surface area (Å²) in [5.74, 6) is -1.25. The Morgan fingerprint density at radius 1 is 1.08 bits per heavy atom. The van der Waals surface area contributed by atoms with Gasteiger partial charge in [0.05, 0.1) is 12.7 Å². The van der Waals surface area contributed by atoms with Crippen LogP contribution in [0.4, 0.5) is 5.69 Å². The molecule has 0 bridgehead atoms. The number of carbonyl (C=O) groups is 2. The number of carboxylic acids is 1. The fraction of sp³-hybridized carbons (Fsp3) is 0.222. The molecule has 200 valence electrons. The molecule has 2 aromatic heterocycles. The van der Waals surface area contributed by atoms with Crippen LogP contribution in [-0.2, 0) is 6.54 Å². The Kier molecular flexibility index (Phi) is 7.38. The number of tetrazole rings is 1. The molecule has 0 fully saturated rings. The monoisotopic (exact) mass is 528 g/mol. The number of amides is 1. The Morgan fingerprint density at radius 3 is 2.38 bits per heavy atom. The topological polar surface area (TPSA) is 182 Å². The summed E-state index contributed by atoms with van der Waals surface area (Å²) in [6.07, 6.45) is 0. The lowest BCUT2D eigenvalue weighted by molar-refractivity contribution is 0.0697. The van der Waals surface area contributed by atoms with Crippen LogP contribution in [0.5, 0.6) is 5.88 Å². The lowest BCUT2D eigenvalue weighted by atomic mass is 9.95. The molecule has 4 aromatic rings. The average molecular weight is 529 g/mol. The number of benzene rings is 2. The maximum atomic E-state index is 13.3. The van der Waals surface area contributed by atoms with E-state index < -0.39 is 11.9 Å². The quantitative estimate of drug-likeness (QED) is 0.196. The molecule has 39 heavy (non-hydrogen) atoms. The van der Waals surface area contributed by atoms with Gasteiger partial charge in [-0.1, -0.05) is 32.9 Å². The highest BCUT2D eigenvalue weighted by Gasteiger charge is 2.23. The molecule has 2 heterocycles. The van der Waals surface area contributed by atoms with Crippen molar-refractivity contribution >= 4 is 23.4 Å². The van der Waals surface area contributed by atoms with Gasteiger partial charge >= 0.3 is 5.97 Å². The van der Waals surface area contributed by atoms with Crippen molar-refractivity contribution in [1.82, 2.24) is 25.2 Å². The summed E-state index contributed by atoms with van der Waals surface area (Å²) in [7, 11) is 1.42. The normalized spacial score (nSPS) is 11.2. The first-order valence-electron chi connectivity index (χ1n) is 11.9. The van der Waals surface area contributed by atoms with Gasteiger partial charge in [-0.3, -0.25) is 10.2 Å². The number of pyridine rings is 1. The summed E-state index contributed by atoms with van der Waals surface area (Å²) in [5.41, 5.74) is 7.36. The van der Waals surface area contributed by atoms with E-state index in [0.29, 0.717) is 34.7 Å². The number of aromatic carboxylic acids is 1. The van der Waals surface area contributed by atoms with Gasteiger partial charge in [-0.05, 0) is 57.8 Å². The van der Waals surface area contributed by atoms with Gasteiger partial charge in [-0.25, -0.2) is 14.5 Å². The Bertz CT molecular complexity index is 1560. The third-order valence-corrected chi connectivity index (χ3v) is 5.70.